The fraction of sp³-hybridized carbons (Fsp3) is 0.700. The number of hydrogen-bond acceptors (Lipinski definition) is 4. The molecule has 0 aliphatic carbocycles. The van der Waals surface area contributed by atoms with E-state index in [1.165, 1.54) is 19.4 Å². The van der Waals surface area contributed by atoms with Crippen molar-refractivity contribution < 1.29 is 0 Å². The van der Waals surface area contributed by atoms with E-state index < -0.39 is 0 Å². The number of piperidine rings is 1. The molecule has 0 amide bonds. The minimum atomic E-state index is 0.634. The van der Waals surface area contributed by atoms with Crippen LogP contribution in [0.1, 0.15) is 17.8 Å². The molecule has 1 aliphatic heterocycles. The van der Waals surface area contributed by atoms with E-state index in [0.29, 0.717) is 6.04 Å². The number of likely N-dealkylation sites (tertiary alicyclic amines) is 1. The van der Waals surface area contributed by atoms with Crippen LogP contribution in [0.5, 0.6) is 0 Å². The van der Waals surface area contributed by atoms with E-state index in [1.54, 1.807) is 17.5 Å². The smallest absolute Gasteiger partial charge is 0.113 e. The molecule has 1 fully saturated rings. The maximum atomic E-state index is 5.86. The van der Waals surface area contributed by atoms with Crippen molar-refractivity contribution >= 4 is 22.9 Å². The topological polar surface area (TPSA) is 28.2 Å². The first-order valence-electron chi connectivity index (χ1n) is 5.28. The number of halogens is 1. The number of likely N-dealkylation sites (N-methyl/N-ethyl adjacent to an activating group) is 1. The zero-order chi connectivity index (χ0) is 10.7. The molecule has 1 aromatic heterocycles. The molecule has 2 rings (SSSR count). The first-order valence-corrected chi connectivity index (χ1v) is 6.47. The van der Waals surface area contributed by atoms with Crippen molar-refractivity contribution in [1.29, 1.82) is 0 Å². The van der Waals surface area contributed by atoms with Gasteiger partial charge in [0, 0.05) is 12.6 Å². The minimum absolute atomic E-state index is 0.634. The van der Waals surface area contributed by atoms with Crippen molar-refractivity contribution in [3.05, 3.63) is 15.5 Å². The molecule has 0 saturated carbocycles. The van der Waals surface area contributed by atoms with Gasteiger partial charge in [-0.15, -0.1) is 11.3 Å². The summed E-state index contributed by atoms with van der Waals surface area (Å²) in [5.41, 5.74) is 0. The Labute approximate surface area is 99.5 Å². The van der Waals surface area contributed by atoms with Gasteiger partial charge in [0.1, 0.15) is 9.34 Å². The fourth-order valence-corrected chi connectivity index (χ4v) is 2.99. The summed E-state index contributed by atoms with van der Waals surface area (Å²) in [6.45, 7) is 3.23. The largest absolute Gasteiger partial charge is 0.316 e. The van der Waals surface area contributed by atoms with Crippen molar-refractivity contribution in [1.82, 2.24) is 15.2 Å². The summed E-state index contributed by atoms with van der Waals surface area (Å²) in [6, 6.07) is 0.634. The summed E-state index contributed by atoms with van der Waals surface area (Å²) in [5.74, 6) is 0. The standard InChI is InChI=1S/C10H16ClN3S/c1-12-8-3-2-4-14(6-8)7-10-13-5-9(11)15-10/h5,8,12H,2-4,6-7H2,1H3. The maximum absolute atomic E-state index is 5.86. The molecule has 5 heteroatoms. The van der Waals surface area contributed by atoms with Gasteiger partial charge in [-0.3, -0.25) is 4.90 Å². The third-order valence-corrected chi connectivity index (χ3v) is 3.90. The van der Waals surface area contributed by atoms with Crippen molar-refractivity contribution in [2.45, 2.75) is 25.4 Å². The molecule has 1 aliphatic rings. The summed E-state index contributed by atoms with van der Waals surface area (Å²) in [7, 11) is 2.04. The molecule has 0 aromatic carbocycles. The third-order valence-electron chi connectivity index (χ3n) is 2.80. The number of nitrogens with one attached hydrogen (secondary N) is 1. The lowest BCUT2D eigenvalue weighted by atomic mass is 10.1. The second-order valence-corrected chi connectivity index (χ2v) is 5.67. The Morgan fingerprint density at radius 3 is 3.27 bits per heavy atom. The summed E-state index contributed by atoms with van der Waals surface area (Å²) in [6.07, 6.45) is 4.29. The zero-order valence-corrected chi connectivity index (χ0v) is 10.4. The van der Waals surface area contributed by atoms with Crippen molar-refractivity contribution in [3.8, 4) is 0 Å². The SMILES string of the molecule is CNC1CCCN(Cc2ncc(Cl)s2)C1. The molecular formula is C10H16ClN3S. The molecule has 0 spiro atoms. The third kappa shape index (κ3) is 3.14. The Balaban J connectivity index is 1.88. The van der Waals surface area contributed by atoms with E-state index in [9.17, 15) is 0 Å². The van der Waals surface area contributed by atoms with Crippen LogP contribution in [0, 0.1) is 0 Å². The van der Waals surface area contributed by atoms with E-state index in [-0.39, 0.29) is 0 Å². The lowest BCUT2D eigenvalue weighted by Crippen LogP contribution is -2.43. The summed E-state index contributed by atoms with van der Waals surface area (Å²) in [4.78, 5) is 6.73. The average molecular weight is 246 g/mol. The highest BCUT2D eigenvalue weighted by molar-refractivity contribution is 7.15. The summed E-state index contributed by atoms with van der Waals surface area (Å²) in [5, 5.41) is 4.46. The van der Waals surface area contributed by atoms with Crippen LogP contribution in [-0.2, 0) is 6.54 Å². The molecule has 3 nitrogen and oxygen atoms in total. The van der Waals surface area contributed by atoms with Crippen LogP contribution in [0.25, 0.3) is 0 Å². The van der Waals surface area contributed by atoms with Gasteiger partial charge >= 0.3 is 0 Å². The van der Waals surface area contributed by atoms with Gasteiger partial charge in [0.15, 0.2) is 0 Å². The predicted molar refractivity (Wildman–Crippen MR) is 64.5 cm³/mol. The average Bonchev–Trinajstić information content (AvgIpc) is 2.64. The Morgan fingerprint density at radius 1 is 1.73 bits per heavy atom. The van der Waals surface area contributed by atoms with Gasteiger partial charge in [-0.1, -0.05) is 11.6 Å². The molecule has 1 N–H and O–H groups in total. The molecule has 1 unspecified atom stereocenters. The normalized spacial score (nSPS) is 23.2. The summed E-state index contributed by atoms with van der Waals surface area (Å²) >= 11 is 7.44. The van der Waals surface area contributed by atoms with Gasteiger partial charge in [-0.25, -0.2) is 4.98 Å². The first-order chi connectivity index (χ1) is 7.28. The van der Waals surface area contributed by atoms with Crippen molar-refractivity contribution in [2.75, 3.05) is 20.1 Å². The summed E-state index contributed by atoms with van der Waals surface area (Å²) < 4.78 is 0.784. The lowest BCUT2D eigenvalue weighted by Gasteiger charge is -2.31. The van der Waals surface area contributed by atoms with Crippen LogP contribution in [0.2, 0.25) is 4.34 Å². The number of thiazole rings is 1. The quantitative estimate of drug-likeness (QED) is 0.883. The van der Waals surface area contributed by atoms with E-state index in [1.807, 2.05) is 7.05 Å². The Hall–Kier alpha value is -0.160. The van der Waals surface area contributed by atoms with Gasteiger partial charge in [-0.05, 0) is 26.4 Å². The van der Waals surface area contributed by atoms with E-state index in [4.69, 9.17) is 11.6 Å². The van der Waals surface area contributed by atoms with Gasteiger partial charge in [0.2, 0.25) is 0 Å². The zero-order valence-electron chi connectivity index (χ0n) is 8.87. The Morgan fingerprint density at radius 2 is 2.60 bits per heavy atom. The molecule has 1 atom stereocenters. The van der Waals surface area contributed by atoms with Crippen LogP contribution in [-0.4, -0.2) is 36.1 Å². The van der Waals surface area contributed by atoms with Gasteiger partial charge in [0.05, 0.1) is 12.7 Å². The Bertz CT molecular complexity index is 315. The second-order valence-electron chi connectivity index (χ2n) is 3.92. The van der Waals surface area contributed by atoms with Crippen LogP contribution in [0.3, 0.4) is 0 Å². The fourth-order valence-electron chi connectivity index (χ4n) is 1.99. The number of rotatable bonds is 3. The number of aromatic nitrogens is 1. The Kier molecular flexibility index (Phi) is 3.97. The van der Waals surface area contributed by atoms with Gasteiger partial charge in [-0.2, -0.15) is 0 Å². The molecule has 84 valence electrons. The van der Waals surface area contributed by atoms with E-state index in [0.717, 1.165) is 22.4 Å². The van der Waals surface area contributed by atoms with Crippen LogP contribution in [0.4, 0.5) is 0 Å². The molecule has 0 radical (unpaired) electrons. The number of hydrogen-bond donors (Lipinski definition) is 1. The van der Waals surface area contributed by atoms with Crippen LogP contribution >= 0.6 is 22.9 Å². The second kappa shape index (κ2) is 5.25. The van der Waals surface area contributed by atoms with E-state index in [2.05, 4.69) is 15.2 Å². The molecular weight excluding hydrogens is 230 g/mol. The highest BCUT2D eigenvalue weighted by Crippen LogP contribution is 2.21. The van der Waals surface area contributed by atoms with E-state index >= 15 is 0 Å². The molecule has 1 aromatic rings. The highest BCUT2D eigenvalue weighted by atomic mass is 35.5. The molecule has 2 heterocycles. The van der Waals surface area contributed by atoms with Crippen molar-refractivity contribution in [2.24, 2.45) is 0 Å². The lowest BCUT2D eigenvalue weighted by molar-refractivity contribution is 0.188. The van der Waals surface area contributed by atoms with Crippen molar-refractivity contribution in [3.63, 3.8) is 0 Å². The number of nitrogens with zero attached hydrogens (tertiary/aromatic N) is 2. The minimum Gasteiger partial charge on any atom is -0.316 e. The predicted octanol–water partition coefficient (Wildman–Crippen LogP) is 1.98. The molecule has 0 bridgehead atoms. The first kappa shape index (κ1) is 11.3. The maximum Gasteiger partial charge on any atom is 0.113 e. The van der Waals surface area contributed by atoms with Crippen LogP contribution < -0.4 is 5.32 Å². The van der Waals surface area contributed by atoms with Gasteiger partial charge in [0.25, 0.3) is 0 Å². The van der Waals surface area contributed by atoms with Crippen LogP contribution in [0.15, 0.2) is 6.20 Å². The molecule has 15 heavy (non-hydrogen) atoms. The monoisotopic (exact) mass is 245 g/mol. The molecule has 1 saturated heterocycles. The highest BCUT2D eigenvalue weighted by Gasteiger charge is 2.19. The van der Waals surface area contributed by atoms with Gasteiger partial charge < -0.3 is 5.32 Å².